The van der Waals surface area contributed by atoms with Crippen molar-refractivity contribution in [3.63, 3.8) is 0 Å². The van der Waals surface area contributed by atoms with Crippen molar-refractivity contribution in [1.29, 1.82) is 0 Å². The van der Waals surface area contributed by atoms with Gasteiger partial charge in [0.1, 0.15) is 0 Å². The minimum Gasteiger partial charge on any atom is -0.395 e. The summed E-state index contributed by atoms with van der Waals surface area (Å²) in [5.41, 5.74) is 0. The summed E-state index contributed by atoms with van der Waals surface area (Å²) >= 11 is 0. The van der Waals surface area contributed by atoms with Crippen LogP contribution in [-0.4, -0.2) is 32.4 Å². The lowest BCUT2D eigenvalue weighted by molar-refractivity contribution is 0.301. The van der Waals surface area contributed by atoms with Gasteiger partial charge in [-0.15, -0.1) is 0 Å². The van der Waals surface area contributed by atoms with E-state index in [2.05, 4.69) is 11.6 Å². The maximum Gasteiger partial charge on any atom is 0.211 e. The Labute approximate surface area is 138 Å². The third-order valence-electron chi connectivity index (χ3n) is 3.95. The first-order valence-corrected chi connectivity index (χ1v) is 10.9. The lowest BCUT2D eigenvalue weighted by Gasteiger charge is -2.05. The summed E-state index contributed by atoms with van der Waals surface area (Å²) in [4.78, 5) is 0. The Morgan fingerprint density at radius 2 is 1.14 bits per heavy atom. The molecule has 0 radical (unpaired) electrons. The Hall–Kier alpha value is -0.130. The van der Waals surface area contributed by atoms with Gasteiger partial charge in [0.25, 0.3) is 0 Å². The van der Waals surface area contributed by atoms with E-state index in [1.165, 1.54) is 64.2 Å². The second-order valence-electron chi connectivity index (χ2n) is 6.18. The zero-order valence-electron chi connectivity index (χ0n) is 14.5. The maximum absolute atomic E-state index is 11.5. The Morgan fingerprint density at radius 1 is 0.727 bits per heavy atom. The highest BCUT2D eigenvalue weighted by molar-refractivity contribution is 7.89. The molecule has 22 heavy (non-hydrogen) atoms. The summed E-state index contributed by atoms with van der Waals surface area (Å²) in [6, 6.07) is 0. The highest BCUT2D eigenvalue weighted by Crippen LogP contribution is 2.12. The second-order valence-corrected chi connectivity index (χ2v) is 8.11. The predicted octanol–water partition coefficient (Wildman–Crippen LogP) is 3.99. The largest absolute Gasteiger partial charge is 0.395 e. The standard InChI is InChI=1S/C17H37NO3S/c1-2-3-4-5-6-7-8-9-10-11-12-13-14-17-22(20,21)18-15-16-19/h18-19H,2-17H2,1H3. The Bertz CT molecular complexity index is 318. The lowest BCUT2D eigenvalue weighted by Crippen LogP contribution is -2.28. The van der Waals surface area contributed by atoms with E-state index < -0.39 is 10.0 Å². The van der Waals surface area contributed by atoms with E-state index in [0.717, 1.165) is 19.3 Å². The topological polar surface area (TPSA) is 66.4 Å². The second kappa shape index (κ2) is 15.8. The number of sulfonamides is 1. The quantitative estimate of drug-likeness (QED) is 0.395. The van der Waals surface area contributed by atoms with E-state index in [4.69, 9.17) is 5.11 Å². The molecule has 0 amide bonds. The normalized spacial score (nSPS) is 11.9. The minimum absolute atomic E-state index is 0.126. The van der Waals surface area contributed by atoms with Crippen LogP contribution in [0, 0.1) is 0 Å². The fourth-order valence-electron chi connectivity index (χ4n) is 2.58. The highest BCUT2D eigenvalue weighted by atomic mass is 32.2. The van der Waals surface area contributed by atoms with Crippen LogP contribution in [0.3, 0.4) is 0 Å². The Balaban J connectivity index is 3.20. The summed E-state index contributed by atoms with van der Waals surface area (Å²) in [7, 11) is -3.17. The van der Waals surface area contributed by atoms with Crippen LogP contribution in [0.25, 0.3) is 0 Å². The summed E-state index contributed by atoms with van der Waals surface area (Å²) in [5, 5.41) is 8.59. The van der Waals surface area contributed by atoms with Crippen LogP contribution < -0.4 is 4.72 Å². The van der Waals surface area contributed by atoms with Gasteiger partial charge in [0.05, 0.1) is 12.4 Å². The molecule has 0 aromatic carbocycles. The molecule has 134 valence electrons. The smallest absolute Gasteiger partial charge is 0.211 e. The molecule has 0 aromatic heterocycles. The maximum atomic E-state index is 11.5. The molecule has 0 atom stereocenters. The summed E-state index contributed by atoms with van der Waals surface area (Å²) in [5.74, 6) is 0.185. The molecule has 0 heterocycles. The number of aliphatic hydroxyl groups is 1. The monoisotopic (exact) mass is 335 g/mol. The average molecular weight is 336 g/mol. The molecule has 2 N–H and O–H groups in total. The Kier molecular flexibility index (Phi) is 15.7. The van der Waals surface area contributed by atoms with Gasteiger partial charge in [-0.1, -0.05) is 84.0 Å². The van der Waals surface area contributed by atoms with Crippen LogP contribution in [0.5, 0.6) is 0 Å². The van der Waals surface area contributed by atoms with E-state index in [1.807, 2.05) is 0 Å². The van der Waals surface area contributed by atoms with Gasteiger partial charge >= 0.3 is 0 Å². The van der Waals surface area contributed by atoms with Crippen LogP contribution in [0.4, 0.5) is 0 Å². The predicted molar refractivity (Wildman–Crippen MR) is 94.6 cm³/mol. The van der Waals surface area contributed by atoms with Crippen molar-refractivity contribution in [3.05, 3.63) is 0 Å². The molecular weight excluding hydrogens is 298 g/mol. The average Bonchev–Trinajstić information content (AvgIpc) is 2.50. The summed E-state index contributed by atoms with van der Waals surface area (Å²) in [6.45, 7) is 2.24. The molecule has 0 fully saturated rings. The van der Waals surface area contributed by atoms with Crippen LogP contribution in [-0.2, 0) is 10.0 Å². The molecule has 0 saturated carbocycles. The van der Waals surface area contributed by atoms with Gasteiger partial charge in [-0.05, 0) is 6.42 Å². The molecule has 0 bridgehead atoms. The molecule has 0 aliphatic heterocycles. The van der Waals surface area contributed by atoms with Gasteiger partial charge in [0.15, 0.2) is 0 Å². The van der Waals surface area contributed by atoms with Crippen LogP contribution in [0.1, 0.15) is 90.4 Å². The van der Waals surface area contributed by atoms with E-state index in [-0.39, 0.29) is 18.9 Å². The van der Waals surface area contributed by atoms with Crippen molar-refractivity contribution >= 4 is 10.0 Å². The van der Waals surface area contributed by atoms with Gasteiger partial charge in [-0.3, -0.25) is 0 Å². The summed E-state index contributed by atoms with van der Waals surface area (Å²) < 4.78 is 25.3. The van der Waals surface area contributed by atoms with E-state index >= 15 is 0 Å². The van der Waals surface area contributed by atoms with Gasteiger partial charge in [0, 0.05) is 6.54 Å². The number of aliphatic hydroxyl groups excluding tert-OH is 1. The number of unbranched alkanes of at least 4 members (excludes halogenated alkanes) is 12. The molecule has 0 unspecified atom stereocenters. The van der Waals surface area contributed by atoms with E-state index in [0.29, 0.717) is 0 Å². The first-order chi connectivity index (χ1) is 10.6. The lowest BCUT2D eigenvalue weighted by atomic mass is 10.1. The minimum atomic E-state index is -3.17. The SMILES string of the molecule is CCCCCCCCCCCCCCCS(=O)(=O)NCCO. The third-order valence-corrected chi connectivity index (χ3v) is 5.42. The number of hydrogen-bond acceptors (Lipinski definition) is 3. The molecule has 0 saturated heterocycles. The molecule has 0 aromatic rings. The van der Waals surface area contributed by atoms with Crippen molar-refractivity contribution in [2.24, 2.45) is 0 Å². The van der Waals surface area contributed by atoms with Gasteiger partial charge in [-0.2, -0.15) is 0 Å². The summed E-state index contributed by atoms with van der Waals surface area (Å²) in [6.07, 6.45) is 16.3. The number of hydrogen-bond donors (Lipinski definition) is 2. The number of nitrogens with one attached hydrogen (secondary N) is 1. The first kappa shape index (κ1) is 21.9. The third kappa shape index (κ3) is 16.2. The highest BCUT2D eigenvalue weighted by Gasteiger charge is 2.07. The molecular formula is C17H37NO3S. The van der Waals surface area contributed by atoms with E-state index in [1.54, 1.807) is 0 Å². The zero-order valence-corrected chi connectivity index (χ0v) is 15.3. The van der Waals surface area contributed by atoms with Gasteiger partial charge in [0.2, 0.25) is 10.0 Å². The Morgan fingerprint density at radius 3 is 1.55 bits per heavy atom. The molecule has 4 nitrogen and oxygen atoms in total. The van der Waals surface area contributed by atoms with Crippen LogP contribution in [0.15, 0.2) is 0 Å². The van der Waals surface area contributed by atoms with Crippen LogP contribution >= 0.6 is 0 Å². The van der Waals surface area contributed by atoms with Crippen LogP contribution in [0.2, 0.25) is 0 Å². The molecule has 0 rings (SSSR count). The van der Waals surface area contributed by atoms with Gasteiger partial charge < -0.3 is 5.11 Å². The van der Waals surface area contributed by atoms with Crippen molar-refractivity contribution < 1.29 is 13.5 Å². The molecule has 5 heteroatoms. The van der Waals surface area contributed by atoms with Crippen molar-refractivity contribution in [3.8, 4) is 0 Å². The molecule has 0 aliphatic carbocycles. The van der Waals surface area contributed by atoms with Crippen molar-refractivity contribution in [2.75, 3.05) is 18.9 Å². The van der Waals surface area contributed by atoms with Crippen molar-refractivity contribution in [2.45, 2.75) is 90.4 Å². The van der Waals surface area contributed by atoms with Gasteiger partial charge in [-0.25, -0.2) is 13.1 Å². The van der Waals surface area contributed by atoms with Crippen molar-refractivity contribution in [1.82, 2.24) is 4.72 Å². The number of rotatable bonds is 17. The zero-order chi connectivity index (χ0) is 16.5. The van der Waals surface area contributed by atoms with E-state index in [9.17, 15) is 8.42 Å². The fourth-order valence-corrected chi connectivity index (χ4v) is 3.71. The molecule has 0 spiro atoms. The fraction of sp³-hybridized carbons (Fsp3) is 1.00. The molecule has 0 aliphatic rings. The first-order valence-electron chi connectivity index (χ1n) is 9.20.